The third-order valence-electron chi connectivity index (χ3n) is 3.08. The van der Waals surface area contributed by atoms with E-state index in [2.05, 4.69) is 9.97 Å². The predicted octanol–water partition coefficient (Wildman–Crippen LogP) is 4.34. The van der Waals surface area contributed by atoms with Gasteiger partial charge in [-0.25, -0.2) is 9.97 Å². The Morgan fingerprint density at radius 3 is 2.57 bits per heavy atom. The second kappa shape index (κ2) is 6.74. The zero-order valence-electron chi connectivity index (χ0n) is 12.5. The molecule has 23 heavy (non-hydrogen) atoms. The number of rotatable bonds is 5. The maximum atomic E-state index is 12.9. The Labute approximate surface area is 135 Å². The van der Waals surface area contributed by atoms with Crippen LogP contribution in [0.15, 0.2) is 23.2 Å². The van der Waals surface area contributed by atoms with Crippen molar-refractivity contribution in [3.8, 4) is 0 Å². The van der Waals surface area contributed by atoms with Gasteiger partial charge in [0.2, 0.25) is 0 Å². The van der Waals surface area contributed by atoms with Crippen LogP contribution in [0.4, 0.5) is 13.2 Å². The number of alkyl halides is 3. The number of carboxylic acid groups (broad SMARTS) is 1. The third kappa shape index (κ3) is 4.34. The molecule has 0 amide bonds. The van der Waals surface area contributed by atoms with Gasteiger partial charge in [-0.05, 0) is 18.2 Å². The Bertz CT molecular complexity index is 732. The van der Waals surface area contributed by atoms with Crippen LogP contribution in [0.25, 0.3) is 10.9 Å². The SMILES string of the molecule is CC(C)c1nc(SCCC(=O)O)c2cc(C(F)(F)F)ccc2n1. The van der Waals surface area contributed by atoms with Gasteiger partial charge in [-0.3, -0.25) is 4.79 Å². The van der Waals surface area contributed by atoms with Gasteiger partial charge >= 0.3 is 12.1 Å². The van der Waals surface area contributed by atoms with Crippen LogP contribution in [0.3, 0.4) is 0 Å². The molecule has 0 saturated heterocycles. The number of nitrogens with zero attached hydrogens (tertiary/aromatic N) is 2. The number of hydrogen-bond donors (Lipinski definition) is 1. The van der Waals surface area contributed by atoms with Crippen molar-refractivity contribution in [2.45, 2.75) is 37.4 Å². The number of thioether (sulfide) groups is 1. The minimum atomic E-state index is -4.45. The smallest absolute Gasteiger partial charge is 0.416 e. The van der Waals surface area contributed by atoms with E-state index in [0.717, 1.165) is 23.9 Å². The highest BCUT2D eigenvalue weighted by molar-refractivity contribution is 7.99. The molecule has 4 nitrogen and oxygen atoms in total. The highest BCUT2D eigenvalue weighted by Gasteiger charge is 2.31. The van der Waals surface area contributed by atoms with Crippen molar-refractivity contribution < 1.29 is 23.1 Å². The zero-order chi connectivity index (χ0) is 17.2. The van der Waals surface area contributed by atoms with Gasteiger partial charge in [0.25, 0.3) is 0 Å². The topological polar surface area (TPSA) is 63.1 Å². The third-order valence-corrected chi connectivity index (χ3v) is 4.07. The Morgan fingerprint density at radius 1 is 1.30 bits per heavy atom. The molecule has 1 N–H and O–H groups in total. The van der Waals surface area contributed by atoms with Crippen molar-refractivity contribution in [2.24, 2.45) is 0 Å². The number of hydrogen-bond acceptors (Lipinski definition) is 4. The minimum Gasteiger partial charge on any atom is -0.481 e. The van der Waals surface area contributed by atoms with Crippen LogP contribution in [0.5, 0.6) is 0 Å². The van der Waals surface area contributed by atoms with E-state index in [-0.39, 0.29) is 18.1 Å². The molecule has 0 unspecified atom stereocenters. The Balaban J connectivity index is 2.51. The molecular weight excluding hydrogens is 329 g/mol. The second-order valence-electron chi connectivity index (χ2n) is 5.26. The summed E-state index contributed by atoms with van der Waals surface area (Å²) in [4.78, 5) is 19.2. The molecule has 1 heterocycles. The fourth-order valence-corrected chi connectivity index (χ4v) is 2.84. The summed E-state index contributed by atoms with van der Waals surface area (Å²) in [6.07, 6.45) is -4.54. The van der Waals surface area contributed by atoms with E-state index in [4.69, 9.17) is 5.11 Å². The number of aliphatic carboxylic acids is 1. The monoisotopic (exact) mass is 344 g/mol. The summed E-state index contributed by atoms with van der Waals surface area (Å²) in [5.74, 6) is -0.193. The van der Waals surface area contributed by atoms with E-state index in [0.29, 0.717) is 21.8 Å². The molecular formula is C15H15F3N2O2S. The highest BCUT2D eigenvalue weighted by Crippen LogP contribution is 2.34. The Kier molecular flexibility index (Phi) is 5.13. The molecule has 0 fully saturated rings. The molecule has 0 aliphatic rings. The van der Waals surface area contributed by atoms with Gasteiger partial charge in [0.1, 0.15) is 10.9 Å². The van der Waals surface area contributed by atoms with Crippen molar-refractivity contribution in [1.82, 2.24) is 9.97 Å². The lowest BCUT2D eigenvalue weighted by molar-refractivity contribution is -0.138. The first-order valence-corrected chi connectivity index (χ1v) is 7.90. The van der Waals surface area contributed by atoms with Crippen LogP contribution in [0, 0.1) is 0 Å². The standard InChI is InChI=1S/C15H15F3N2O2S/c1-8(2)13-19-11-4-3-9(15(16,17)18)7-10(11)14(20-13)23-6-5-12(21)22/h3-4,7-8H,5-6H2,1-2H3,(H,21,22). The maximum Gasteiger partial charge on any atom is 0.416 e. The molecule has 0 radical (unpaired) electrons. The normalized spacial score (nSPS) is 12.1. The van der Waals surface area contributed by atoms with Crippen LogP contribution in [-0.2, 0) is 11.0 Å². The molecule has 124 valence electrons. The van der Waals surface area contributed by atoms with Crippen LogP contribution in [0.2, 0.25) is 0 Å². The first kappa shape index (κ1) is 17.5. The van der Waals surface area contributed by atoms with Crippen molar-refractivity contribution in [2.75, 3.05) is 5.75 Å². The fraction of sp³-hybridized carbons (Fsp3) is 0.400. The number of carboxylic acids is 1. The van der Waals surface area contributed by atoms with Crippen molar-refractivity contribution in [3.05, 3.63) is 29.6 Å². The minimum absolute atomic E-state index is 0.0144. The summed E-state index contributed by atoms with van der Waals surface area (Å²) < 4.78 is 38.7. The van der Waals surface area contributed by atoms with E-state index in [9.17, 15) is 18.0 Å². The van der Waals surface area contributed by atoms with Gasteiger partial charge in [0.05, 0.1) is 17.5 Å². The second-order valence-corrected chi connectivity index (χ2v) is 6.35. The molecule has 1 aromatic carbocycles. The number of benzene rings is 1. The van der Waals surface area contributed by atoms with Gasteiger partial charge in [-0.2, -0.15) is 13.2 Å². The Hall–Kier alpha value is -1.83. The molecule has 0 saturated carbocycles. The van der Waals surface area contributed by atoms with Crippen LogP contribution in [0.1, 0.15) is 37.6 Å². The van der Waals surface area contributed by atoms with Gasteiger partial charge in [0.15, 0.2) is 0 Å². The van der Waals surface area contributed by atoms with Crippen LogP contribution in [-0.4, -0.2) is 26.8 Å². The summed E-state index contributed by atoms with van der Waals surface area (Å²) in [6, 6.07) is 3.33. The van der Waals surface area contributed by atoms with Crippen LogP contribution < -0.4 is 0 Å². The van der Waals surface area contributed by atoms with Crippen molar-refractivity contribution in [3.63, 3.8) is 0 Å². The average molecular weight is 344 g/mol. The van der Waals surface area contributed by atoms with E-state index < -0.39 is 17.7 Å². The quantitative estimate of drug-likeness (QED) is 0.646. The molecule has 0 bridgehead atoms. The number of halogens is 3. The van der Waals surface area contributed by atoms with Crippen molar-refractivity contribution >= 4 is 28.6 Å². The highest BCUT2D eigenvalue weighted by atomic mass is 32.2. The molecule has 0 aliphatic heterocycles. The lowest BCUT2D eigenvalue weighted by Gasteiger charge is -2.12. The van der Waals surface area contributed by atoms with E-state index in [1.54, 1.807) is 0 Å². The number of fused-ring (bicyclic) bond motifs is 1. The molecule has 2 rings (SSSR count). The summed E-state index contributed by atoms with van der Waals surface area (Å²) in [7, 11) is 0. The summed E-state index contributed by atoms with van der Waals surface area (Å²) in [5, 5.41) is 9.38. The lowest BCUT2D eigenvalue weighted by Crippen LogP contribution is -2.06. The van der Waals surface area contributed by atoms with E-state index >= 15 is 0 Å². The van der Waals surface area contributed by atoms with Gasteiger partial charge < -0.3 is 5.11 Å². The number of carbonyl (C=O) groups is 1. The van der Waals surface area contributed by atoms with Gasteiger partial charge in [0, 0.05) is 17.1 Å². The van der Waals surface area contributed by atoms with Gasteiger partial charge in [-0.1, -0.05) is 13.8 Å². The molecule has 8 heteroatoms. The maximum absolute atomic E-state index is 12.9. The predicted molar refractivity (Wildman–Crippen MR) is 81.6 cm³/mol. The molecule has 1 aromatic heterocycles. The van der Waals surface area contributed by atoms with Gasteiger partial charge in [-0.15, -0.1) is 11.8 Å². The fourth-order valence-electron chi connectivity index (χ4n) is 1.90. The average Bonchev–Trinajstić information content (AvgIpc) is 2.45. The summed E-state index contributed by atoms with van der Waals surface area (Å²) in [5.41, 5.74) is -0.347. The molecule has 0 atom stereocenters. The largest absolute Gasteiger partial charge is 0.481 e. The van der Waals surface area contributed by atoms with Crippen LogP contribution >= 0.6 is 11.8 Å². The van der Waals surface area contributed by atoms with E-state index in [1.807, 2.05) is 13.8 Å². The number of aromatic nitrogens is 2. The lowest BCUT2D eigenvalue weighted by atomic mass is 10.1. The Morgan fingerprint density at radius 2 is 2.00 bits per heavy atom. The first-order valence-electron chi connectivity index (χ1n) is 6.92. The van der Waals surface area contributed by atoms with E-state index in [1.165, 1.54) is 6.07 Å². The molecule has 2 aromatic rings. The first-order chi connectivity index (χ1) is 10.7. The molecule has 0 spiro atoms. The summed E-state index contributed by atoms with van der Waals surface area (Å²) >= 11 is 1.13. The summed E-state index contributed by atoms with van der Waals surface area (Å²) in [6.45, 7) is 3.77. The van der Waals surface area contributed by atoms with Crippen molar-refractivity contribution in [1.29, 1.82) is 0 Å². The molecule has 0 aliphatic carbocycles. The zero-order valence-corrected chi connectivity index (χ0v) is 13.3.